The predicted octanol–water partition coefficient (Wildman–Crippen LogP) is 3.81. The quantitative estimate of drug-likeness (QED) is 0.712. The Morgan fingerprint density at radius 2 is 1.85 bits per heavy atom. The molecule has 0 bridgehead atoms. The average Bonchev–Trinajstić information content (AvgIpc) is 2.65. The molecule has 5 nitrogen and oxygen atoms in total. The highest BCUT2D eigenvalue weighted by Gasteiger charge is 2.09. The van der Waals surface area contributed by atoms with Crippen molar-refractivity contribution < 1.29 is 4.79 Å². The van der Waals surface area contributed by atoms with Gasteiger partial charge in [0.1, 0.15) is 5.69 Å². The smallest absolute Gasteiger partial charge is 0.270 e. The number of aromatic nitrogens is 2. The van der Waals surface area contributed by atoms with Gasteiger partial charge in [-0.25, -0.2) is 9.97 Å². The van der Waals surface area contributed by atoms with Gasteiger partial charge in [0.25, 0.3) is 5.91 Å². The molecule has 1 amide bonds. The molecule has 0 unspecified atom stereocenters. The van der Waals surface area contributed by atoms with Crippen LogP contribution >= 0.6 is 0 Å². The lowest BCUT2D eigenvalue weighted by Gasteiger charge is -2.10. The van der Waals surface area contributed by atoms with Gasteiger partial charge in [0.2, 0.25) is 5.95 Å². The summed E-state index contributed by atoms with van der Waals surface area (Å²) in [6, 6.07) is 17.8. The largest absolute Gasteiger partial charge is 0.350 e. The van der Waals surface area contributed by atoms with Crippen LogP contribution in [0, 0.1) is 13.8 Å². The molecular formula is C21H22N4O. The van der Waals surface area contributed by atoms with Gasteiger partial charge in [-0.1, -0.05) is 48.0 Å². The molecule has 132 valence electrons. The average molecular weight is 346 g/mol. The van der Waals surface area contributed by atoms with E-state index in [4.69, 9.17) is 0 Å². The van der Waals surface area contributed by atoms with Crippen molar-refractivity contribution in [2.24, 2.45) is 0 Å². The van der Waals surface area contributed by atoms with Gasteiger partial charge in [-0.15, -0.1) is 0 Å². The van der Waals surface area contributed by atoms with Gasteiger partial charge >= 0.3 is 0 Å². The molecule has 1 aromatic heterocycles. The summed E-state index contributed by atoms with van der Waals surface area (Å²) in [6.45, 7) is 4.63. The van der Waals surface area contributed by atoms with Gasteiger partial charge in [-0.05, 0) is 43.5 Å². The molecule has 0 aliphatic carbocycles. The Hall–Kier alpha value is -3.21. The van der Waals surface area contributed by atoms with Gasteiger partial charge in [0.05, 0.1) is 0 Å². The van der Waals surface area contributed by atoms with Crippen LogP contribution in [0.25, 0.3) is 0 Å². The van der Waals surface area contributed by atoms with Crippen molar-refractivity contribution in [3.05, 3.63) is 83.2 Å². The van der Waals surface area contributed by atoms with Crippen LogP contribution in [0.1, 0.15) is 27.2 Å². The molecule has 0 atom stereocenters. The first-order chi connectivity index (χ1) is 12.6. The van der Waals surface area contributed by atoms with Crippen LogP contribution in [0.2, 0.25) is 0 Å². The van der Waals surface area contributed by atoms with E-state index in [1.807, 2.05) is 56.3 Å². The molecule has 0 spiro atoms. The summed E-state index contributed by atoms with van der Waals surface area (Å²) < 4.78 is 0. The Kier molecular flexibility index (Phi) is 5.59. The van der Waals surface area contributed by atoms with E-state index in [2.05, 4.69) is 26.7 Å². The number of aryl methyl sites for hydroxylation is 2. The zero-order valence-corrected chi connectivity index (χ0v) is 15.0. The monoisotopic (exact) mass is 346 g/mol. The van der Waals surface area contributed by atoms with Crippen molar-refractivity contribution in [3.8, 4) is 0 Å². The Labute approximate surface area is 153 Å². The second kappa shape index (κ2) is 8.25. The molecule has 0 fully saturated rings. The summed E-state index contributed by atoms with van der Waals surface area (Å²) in [4.78, 5) is 20.9. The molecule has 1 heterocycles. The number of hydrogen-bond donors (Lipinski definition) is 2. The summed E-state index contributed by atoms with van der Waals surface area (Å²) in [7, 11) is 0. The highest BCUT2D eigenvalue weighted by molar-refractivity contribution is 5.92. The zero-order valence-electron chi connectivity index (χ0n) is 15.0. The zero-order chi connectivity index (χ0) is 18.4. The molecule has 3 rings (SSSR count). The predicted molar refractivity (Wildman–Crippen MR) is 104 cm³/mol. The second-order valence-corrected chi connectivity index (χ2v) is 6.20. The van der Waals surface area contributed by atoms with Crippen molar-refractivity contribution in [2.75, 3.05) is 11.9 Å². The van der Waals surface area contributed by atoms with E-state index >= 15 is 0 Å². The maximum absolute atomic E-state index is 12.3. The van der Waals surface area contributed by atoms with E-state index in [0.29, 0.717) is 18.2 Å². The SMILES string of the molecule is Cc1ccc(Nc2nccc(C(=O)NCCc3ccccc3)n2)c(C)c1. The van der Waals surface area contributed by atoms with Crippen molar-refractivity contribution in [2.45, 2.75) is 20.3 Å². The van der Waals surface area contributed by atoms with Gasteiger partial charge in [-0.2, -0.15) is 0 Å². The van der Waals surface area contributed by atoms with Crippen molar-refractivity contribution >= 4 is 17.5 Å². The fourth-order valence-corrected chi connectivity index (χ4v) is 2.68. The molecule has 5 heteroatoms. The topological polar surface area (TPSA) is 66.9 Å². The van der Waals surface area contributed by atoms with E-state index < -0.39 is 0 Å². The number of benzene rings is 2. The maximum atomic E-state index is 12.3. The first kappa shape index (κ1) is 17.6. The summed E-state index contributed by atoms with van der Waals surface area (Å²) in [5.74, 6) is 0.208. The van der Waals surface area contributed by atoms with Gasteiger partial charge in [0, 0.05) is 18.4 Å². The van der Waals surface area contributed by atoms with Crippen LogP contribution < -0.4 is 10.6 Å². The Morgan fingerprint density at radius 1 is 1.04 bits per heavy atom. The molecule has 2 N–H and O–H groups in total. The number of hydrogen-bond acceptors (Lipinski definition) is 4. The summed E-state index contributed by atoms with van der Waals surface area (Å²) in [6.07, 6.45) is 2.37. The summed E-state index contributed by atoms with van der Waals surface area (Å²) >= 11 is 0. The fourth-order valence-electron chi connectivity index (χ4n) is 2.68. The van der Waals surface area contributed by atoms with Crippen LogP contribution in [-0.4, -0.2) is 22.4 Å². The summed E-state index contributed by atoms with van der Waals surface area (Å²) in [5, 5.41) is 6.07. The fraction of sp³-hybridized carbons (Fsp3) is 0.190. The molecule has 26 heavy (non-hydrogen) atoms. The first-order valence-corrected chi connectivity index (χ1v) is 8.61. The molecule has 0 aliphatic heterocycles. The number of nitrogens with zero attached hydrogens (tertiary/aromatic N) is 2. The third-order valence-corrected chi connectivity index (χ3v) is 4.06. The van der Waals surface area contributed by atoms with Crippen molar-refractivity contribution in [3.63, 3.8) is 0 Å². The molecule has 0 saturated heterocycles. The van der Waals surface area contributed by atoms with E-state index in [9.17, 15) is 4.79 Å². The minimum Gasteiger partial charge on any atom is -0.350 e. The normalized spacial score (nSPS) is 10.4. The molecular weight excluding hydrogens is 324 g/mol. The molecule has 3 aromatic rings. The third-order valence-electron chi connectivity index (χ3n) is 4.06. The standard InChI is InChI=1S/C21H22N4O/c1-15-8-9-18(16(2)14-15)24-21-23-13-11-19(25-21)20(26)22-12-10-17-6-4-3-5-7-17/h3-9,11,13-14H,10,12H2,1-2H3,(H,22,26)(H,23,24,25). The Bertz CT molecular complexity index is 894. The minimum atomic E-state index is -0.202. The lowest BCUT2D eigenvalue weighted by molar-refractivity contribution is 0.0949. The third kappa shape index (κ3) is 4.66. The lowest BCUT2D eigenvalue weighted by Crippen LogP contribution is -2.26. The van der Waals surface area contributed by atoms with E-state index in [0.717, 1.165) is 17.7 Å². The molecule has 0 radical (unpaired) electrons. The van der Waals surface area contributed by atoms with Gasteiger partial charge in [0.15, 0.2) is 0 Å². The highest BCUT2D eigenvalue weighted by atomic mass is 16.1. The van der Waals surface area contributed by atoms with Gasteiger partial charge < -0.3 is 10.6 Å². The number of carbonyl (C=O) groups excluding carboxylic acids is 1. The van der Waals surface area contributed by atoms with Crippen LogP contribution in [0.15, 0.2) is 60.8 Å². The van der Waals surface area contributed by atoms with Crippen LogP contribution in [0.4, 0.5) is 11.6 Å². The van der Waals surface area contributed by atoms with Crippen LogP contribution in [0.5, 0.6) is 0 Å². The number of rotatable bonds is 6. The highest BCUT2D eigenvalue weighted by Crippen LogP contribution is 2.19. The van der Waals surface area contributed by atoms with Gasteiger partial charge in [-0.3, -0.25) is 4.79 Å². The molecule has 0 aliphatic rings. The lowest BCUT2D eigenvalue weighted by atomic mass is 10.1. The van der Waals surface area contributed by atoms with Crippen molar-refractivity contribution in [1.29, 1.82) is 0 Å². The van der Waals surface area contributed by atoms with Crippen LogP contribution in [0.3, 0.4) is 0 Å². The number of nitrogens with one attached hydrogen (secondary N) is 2. The minimum absolute atomic E-state index is 0.202. The Morgan fingerprint density at radius 3 is 2.62 bits per heavy atom. The van der Waals surface area contributed by atoms with E-state index in [1.165, 1.54) is 11.1 Å². The maximum Gasteiger partial charge on any atom is 0.270 e. The number of anilines is 2. The number of carbonyl (C=O) groups is 1. The molecule has 2 aromatic carbocycles. The second-order valence-electron chi connectivity index (χ2n) is 6.20. The Balaban J connectivity index is 1.62. The van der Waals surface area contributed by atoms with Crippen LogP contribution in [-0.2, 0) is 6.42 Å². The first-order valence-electron chi connectivity index (χ1n) is 8.61. The van der Waals surface area contributed by atoms with E-state index in [-0.39, 0.29) is 5.91 Å². The van der Waals surface area contributed by atoms with E-state index in [1.54, 1.807) is 12.3 Å². The summed E-state index contributed by atoms with van der Waals surface area (Å²) in [5.41, 5.74) is 4.76. The number of amides is 1. The molecule has 0 saturated carbocycles. The van der Waals surface area contributed by atoms with Crippen molar-refractivity contribution in [1.82, 2.24) is 15.3 Å².